The van der Waals surface area contributed by atoms with Crippen LogP contribution in [-0.4, -0.2) is 15.0 Å². The van der Waals surface area contributed by atoms with Crippen molar-refractivity contribution in [3.05, 3.63) is 41.6 Å². The summed E-state index contributed by atoms with van der Waals surface area (Å²) in [4.78, 5) is 12.6. The lowest BCUT2D eigenvalue weighted by Gasteiger charge is -2.08. The van der Waals surface area contributed by atoms with Crippen molar-refractivity contribution in [3.63, 3.8) is 0 Å². The number of hydrogen-bond acceptors (Lipinski definition) is 5. The molecule has 0 aliphatic rings. The number of nitrogens with two attached hydrogens (primary N) is 1. The van der Waals surface area contributed by atoms with E-state index in [1.54, 1.807) is 12.4 Å². The summed E-state index contributed by atoms with van der Waals surface area (Å²) in [6.45, 7) is 4.41. The van der Waals surface area contributed by atoms with E-state index in [-0.39, 0.29) is 0 Å². The van der Waals surface area contributed by atoms with Gasteiger partial charge in [-0.25, -0.2) is 15.0 Å². The highest BCUT2D eigenvalue weighted by molar-refractivity contribution is 5.61. The van der Waals surface area contributed by atoms with E-state index in [9.17, 15) is 0 Å². The van der Waals surface area contributed by atoms with E-state index in [1.165, 1.54) is 0 Å². The lowest BCUT2D eigenvalue weighted by Crippen LogP contribution is -2.06. The van der Waals surface area contributed by atoms with Gasteiger partial charge >= 0.3 is 0 Å². The summed E-state index contributed by atoms with van der Waals surface area (Å²) in [6, 6.07) is 3.75. The maximum absolute atomic E-state index is 5.86. The van der Waals surface area contributed by atoms with Crippen LogP contribution in [0.3, 0.4) is 0 Å². The van der Waals surface area contributed by atoms with E-state index in [0.717, 1.165) is 17.1 Å². The average molecular weight is 229 g/mol. The summed E-state index contributed by atoms with van der Waals surface area (Å²) in [7, 11) is 0. The van der Waals surface area contributed by atoms with E-state index >= 15 is 0 Å². The zero-order valence-electron chi connectivity index (χ0n) is 9.94. The van der Waals surface area contributed by atoms with E-state index in [1.807, 2.05) is 26.0 Å². The van der Waals surface area contributed by atoms with Crippen LogP contribution in [0.4, 0.5) is 11.5 Å². The van der Waals surface area contributed by atoms with Crippen molar-refractivity contribution in [1.82, 2.24) is 15.0 Å². The number of aromatic nitrogens is 3. The van der Waals surface area contributed by atoms with E-state index < -0.39 is 0 Å². The molecule has 2 rings (SSSR count). The van der Waals surface area contributed by atoms with Crippen molar-refractivity contribution in [2.75, 3.05) is 11.1 Å². The molecule has 3 N–H and O–H groups in total. The van der Waals surface area contributed by atoms with Gasteiger partial charge in [-0.2, -0.15) is 0 Å². The van der Waals surface area contributed by atoms with Crippen molar-refractivity contribution < 1.29 is 0 Å². The SMILES string of the molecule is Cc1cnc(NCc2ccnc(C)n2)c(N)c1. The highest BCUT2D eigenvalue weighted by Crippen LogP contribution is 2.16. The molecule has 0 fully saturated rings. The number of rotatable bonds is 3. The summed E-state index contributed by atoms with van der Waals surface area (Å²) < 4.78 is 0. The molecule has 17 heavy (non-hydrogen) atoms. The third-order valence-corrected chi connectivity index (χ3v) is 2.32. The Balaban J connectivity index is 2.07. The summed E-state index contributed by atoms with van der Waals surface area (Å²) in [6.07, 6.45) is 3.52. The molecule has 0 unspecified atom stereocenters. The molecule has 88 valence electrons. The first kappa shape index (κ1) is 11.3. The molecule has 0 saturated heterocycles. The first-order valence-electron chi connectivity index (χ1n) is 5.39. The van der Waals surface area contributed by atoms with Crippen molar-refractivity contribution in [1.29, 1.82) is 0 Å². The molecule has 2 aromatic rings. The van der Waals surface area contributed by atoms with Gasteiger partial charge in [0, 0.05) is 12.4 Å². The highest BCUT2D eigenvalue weighted by atomic mass is 15.0. The van der Waals surface area contributed by atoms with E-state index in [4.69, 9.17) is 5.73 Å². The van der Waals surface area contributed by atoms with Gasteiger partial charge in [0.1, 0.15) is 11.6 Å². The highest BCUT2D eigenvalue weighted by Gasteiger charge is 2.01. The Morgan fingerprint density at radius 2 is 2.12 bits per heavy atom. The first-order valence-corrected chi connectivity index (χ1v) is 5.39. The number of nitrogens with one attached hydrogen (secondary N) is 1. The molecule has 0 amide bonds. The van der Waals surface area contributed by atoms with Gasteiger partial charge in [0.2, 0.25) is 0 Å². The molecular formula is C12H15N5. The van der Waals surface area contributed by atoms with Crippen LogP contribution in [0.5, 0.6) is 0 Å². The molecule has 0 aliphatic heterocycles. The second-order valence-electron chi connectivity index (χ2n) is 3.90. The van der Waals surface area contributed by atoms with E-state index in [0.29, 0.717) is 18.1 Å². The summed E-state index contributed by atoms with van der Waals surface area (Å²) >= 11 is 0. The minimum Gasteiger partial charge on any atom is -0.396 e. The fraction of sp³-hybridized carbons (Fsp3) is 0.250. The Bertz CT molecular complexity index is 524. The third kappa shape index (κ3) is 2.90. The normalized spacial score (nSPS) is 10.2. The Hall–Kier alpha value is -2.17. The number of nitrogens with zero attached hydrogens (tertiary/aromatic N) is 3. The molecule has 0 aromatic carbocycles. The largest absolute Gasteiger partial charge is 0.396 e. The fourth-order valence-corrected chi connectivity index (χ4v) is 1.52. The monoisotopic (exact) mass is 229 g/mol. The van der Waals surface area contributed by atoms with Crippen molar-refractivity contribution in [2.45, 2.75) is 20.4 Å². The van der Waals surface area contributed by atoms with Gasteiger partial charge in [0.25, 0.3) is 0 Å². The van der Waals surface area contributed by atoms with Crippen molar-refractivity contribution in [2.24, 2.45) is 0 Å². The Morgan fingerprint density at radius 3 is 2.82 bits per heavy atom. The standard InChI is InChI=1S/C12H15N5/c1-8-5-11(13)12(15-6-8)16-7-10-3-4-14-9(2)17-10/h3-6H,7,13H2,1-2H3,(H,15,16). The number of nitrogen functional groups attached to an aromatic ring is 1. The van der Waals surface area contributed by atoms with Crippen molar-refractivity contribution >= 4 is 11.5 Å². The summed E-state index contributed by atoms with van der Waals surface area (Å²) in [5.74, 6) is 1.45. The lowest BCUT2D eigenvalue weighted by molar-refractivity contribution is 0.950. The fourth-order valence-electron chi connectivity index (χ4n) is 1.52. The van der Waals surface area contributed by atoms with Crippen LogP contribution in [-0.2, 0) is 6.54 Å². The van der Waals surface area contributed by atoms with Gasteiger partial charge in [-0.3, -0.25) is 0 Å². The van der Waals surface area contributed by atoms with Crippen LogP contribution < -0.4 is 11.1 Å². The zero-order valence-corrected chi connectivity index (χ0v) is 9.94. The molecule has 5 heteroatoms. The van der Waals surface area contributed by atoms with Crippen LogP contribution in [0, 0.1) is 13.8 Å². The van der Waals surface area contributed by atoms with Gasteiger partial charge in [-0.15, -0.1) is 0 Å². The first-order chi connectivity index (χ1) is 8.15. The minimum absolute atomic E-state index is 0.587. The smallest absolute Gasteiger partial charge is 0.149 e. The summed E-state index contributed by atoms with van der Waals surface area (Å²) in [5, 5.41) is 3.16. The molecule has 0 saturated carbocycles. The summed E-state index contributed by atoms with van der Waals surface area (Å²) in [5.41, 5.74) is 8.47. The topological polar surface area (TPSA) is 76.7 Å². The van der Waals surface area contributed by atoms with Gasteiger partial charge in [-0.05, 0) is 31.5 Å². The predicted molar refractivity (Wildman–Crippen MR) is 67.5 cm³/mol. The third-order valence-electron chi connectivity index (χ3n) is 2.32. The van der Waals surface area contributed by atoms with Crippen LogP contribution in [0.2, 0.25) is 0 Å². The molecular weight excluding hydrogens is 214 g/mol. The molecule has 0 bridgehead atoms. The van der Waals surface area contributed by atoms with E-state index in [2.05, 4.69) is 20.3 Å². The molecule has 2 aromatic heterocycles. The van der Waals surface area contributed by atoms with Gasteiger partial charge in [0.15, 0.2) is 0 Å². The van der Waals surface area contributed by atoms with Gasteiger partial charge in [0.05, 0.1) is 17.9 Å². The minimum atomic E-state index is 0.587. The molecule has 0 aliphatic carbocycles. The van der Waals surface area contributed by atoms with Gasteiger partial charge in [-0.1, -0.05) is 0 Å². The Morgan fingerprint density at radius 1 is 1.29 bits per heavy atom. The van der Waals surface area contributed by atoms with Crippen LogP contribution in [0.25, 0.3) is 0 Å². The van der Waals surface area contributed by atoms with Crippen LogP contribution in [0.15, 0.2) is 24.5 Å². The van der Waals surface area contributed by atoms with Crippen LogP contribution in [0.1, 0.15) is 17.1 Å². The second-order valence-corrected chi connectivity index (χ2v) is 3.90. The van der Waals surface area contributed by atoms with Crippen molar-refractivity contribution in [3.8, 4) is 0 Å². The average Bonchev–Trinajstić information content (AvgIpc) is 2.28. The zero-order chi connectivity index (χ0) is 12.3. The number of anilines is 2. The van der Waals surface area contributed by atoms with Gasteiger partial charge < -0.3 is 11.1 Å². The lowest BCUT2D eigenvalue weighted by atomic mass is 10.3. The molecule has 2 heterocycles. The number of aryl methyl sites for hydroxylation is 2. The number of pyridine rings is 1. The maximum Gasteiger partial charge on any atom is 0.149 e. The number of hydrogen-bond donors (Lipinski definition) is 2. The Labute approximate surface area is 100 Å². The quantitative estimate of drug-likeness (QED) is 0.837. The van der Waals surface area contributed by atoms with Crippen LogP contribution >= 0.6 is 0 Å². The second kappa shape index (κ2) is 4.78. The predicted octanol–water partition coefficient (Wildman–Crippen LogP) is 1.68. The molecule has 0 radical (unpaired) electrons. The molecule has 0 atom stereocenters. The Kier molecular flexibility index (Phi) is 3.18. The maximum atomic E-state index is 5.86. The molecule has 0 spiro atoms. The molecule has 5 nitrogen and oxygen atoms in total.